The van der Waals surface area contributed by atoms with Gasteiger partial charge in [0.1, 0.15) is 0 Å². The monoisotopic (exact) mass is 156 g/mol. The molecule has 0 aromatic carbocycles. The Morgan fingerprint density at radius 2 is 2.00 bits per heavy atom. The molecule has 1 aliphatic carbocycles. The van der Waals surface area contributed by atoms with E-state index in [0.29, 0.717) is 6.10 Å². The largest absolute Gasteiger partial charge is 0.381 e. The Hall–Kier alpha value is -0.0400. The van der Waals surface area contributed by atoms with Crippen LogP contribution in [0, 0.1) is 11.8 Å². The second-order valence-corrected chi connectivity index (χ2v) is 4.03. The Bertz CT molecular complexity index is 109. The summed E-state index contributed by atoms with van der Waals surface area (Å²) in [5.74, 6) is 1.75. The first-order valence-electron chi connectivity index (χ1n) is 4.76. The van der Waals surface area contributed by atoms with Gasteiger partial charge in [0.25, 0.3) is 0 Å². The summed E-state index contributed by atoms with van der Waals surface area (Å²) in [7, 11) is 1.84. The molecule has 0 radical (unpaired) electrons. The maximum absolute atomic E-state index is 5.37. The predicted octanol–water partition coefficient (Wildman–Crippen LogP) is 2.85. The van der Waals surface area contributed by atoms with E-state index in [1.165, 1.54) is 25.7 Å². The van der Waals surface area contributed by atoms with Gasteiger partial charge in [-0.15, -0.1) is 0 Å². The fraction of sp³-hybridized carbons (Fsp3) is 1.00. The van der Waals surface area contributed by atoms with Gasteiger partial charge in [-0.2, -0.15) is 0 Å². The highest BCUT2D eigenvalue weighted by atomic mass is 16.5. The fourth-order valence-electron chi connectivity index (χ4n) is 2.00. The zero-order valence-corrected chi connectivity index (χ0v) is 7.97. The maximum atomic E-state index is 5.37. The summed E-state index contributed by atoms with van der Waals surface area (Å²) in [5.41, 5.74) is 0. The van der Waals surface area contributed by atoms with Gasteiger partial charge < -0.3 is 4.74 Å². The summed E-state index contributed by atoms with van der Waals surface area (Å²) in [4.78, 5) is 0. The molecule has 1 saturated carbocycles. The van der Waals surface area contributed by atoms with Crippen LogP contribution in [0.1, 0.15) is 39.5 Å². The first-order chi connectivity index (χ1) is 5.24. The van der Waals surface area contributed by atoms with Crippen molar-refractivity contribution in [2.75, 3.05) is 7.11 Å². The quantitative estimate of drug-likeness (QED) is 0.597. The summed E-state index contributed by atoms with van der Waals surface area (Å²) in [5, 5.41) is 0. The zero-order valence-electron chi connectivity index (χ0n) is 7.97. The second kappa shape index (κ2) is 4.10. The summed E-state index contributed by atoms with van der Waals surface area (Å²) < 4.78 is 5.37. The molecule has 1 aliphatic rings. The van der Waals surface area contributed by atoms with E-state index in [1.807, 2.05) is 7.11 Å². The Morgan fingerprint density at radius 1 is 1.27 bits per heavy atom. The van der Waals surface area contributed by atoms with Crippen LogP contribution in [0.4, 0.5) is 0 Å². The lowest BCUT2D eigenvalue weighted by Gasteiger charge is -2.30. The minimum atomic E-state index is 0.552. The maximum Gasteiger partial charge on any atom is 0.0574 e. The van der Waals surface area contributed by atoms with Crippen LogP contribution in [-0.4, -0.2) is 13.2 Å². The standard InChI is InChI=1S/C10H20O/c1-8(2)9-5-4-6-10(7-9)11-3/h8-10H,4-7H2,1-3H3/t9-,10+/m0/s1. The van der Waals surface area contributed by atoms with Gasteiger partial charge in [-0.3, -0.25) is 0 Å². The molecule has 1 fully saturated rings. The molecule has 0 amide bonds. The van der Waals surface area contributed by atoms with E-state index < -0.39 is 0 Å². The molecule has 0 aromatic rings. The van der Waals surface area contributed by atoms with Crippen molar-refractivity contribution in [2.45, 2.75) is 45.6 Å². The molecule has 0 aliphatic heterocycles. The van der Waals surface area contributed by atoms with Gasteiger partial charge in [0.2, 0.25) is 0 Å². The van der Waals surface area contributed by atoms with Crippen LogP contribution in [0.5, 0.6) is 0 Å². The molecule has 0 saturated heterocycles. The van der Waals surface area contributed by atoms with Gasteiger partial charge in [0.15, 0.2) is 0 Å². The van der Waals surface area contributed by atoms with Gasteiger partial charge in [-0.25, -0.2) is 0 Å². The lowest BCUT2D eigenvalue weighted by Crippen LogP contribution is -2.24. The number of hydrogen-bond acceptors (Lipinski definition) is 1. The van der Waals surface area contributed by atoms with Crippen molar-refractivity contribution in [2.24, 2.45) is 11.8 Å². The average Bonchev–Trinajstić information content (AvgIpc) is 2.05. The molecule has 0 aromatic heterocycles. The van der Waals surface area contributed by atoms with Crippen molar-refractivity contribution < 1.29 is 4.74 Å². The normalized spacial score (nSPS) is 32.7. The highest BCUT2D eigenvalue weighted by Gasteiger charge is 2.23. The Labute approximate surface area is 70.1 Å². The molecule has 66 valence electrons. The highest BCUT2D eigenvalue weighted by Crippen LogP contribution is 2.30. The lowest BCUT2D eigenvalue weighted by atomic mass is 9.80. The Morgan fingerprint density at radius 3 is 2.55 bits per heavy atom. The van der Waals surface area contributed by atoms with E-state index in [1.54, 1.807) is 0 Å². The molecular weight excluding hydrogens is 136 g/mol. The first-order valence-corrected chi connectivity index (χ1v) is 4.76. The summed E-state index contributed by atoms with van der Waals surface area (Å²) in [6.45, 7) is 4.64. The van der Waals surface area contributed by atoms with Gasteiger partial charge in [-0.1, -0.05) is 26.7 Å². The third-order valence-corrected chi connectivity index (χ3v) is 2.94. The van der Waals surface area contributed by atoms with Crippen LogP contribution in [-0.2, 0) is 4.74 Å². The molecule has 0 spiro atoms. The molecular formula is C10H20O. The van der Waals surface area contributed by atoms with E-state index in [4.69, 9.17) is 4.74 Å². The minimum absolute atomic E-state index is 0.552. The summed E-state index contributed by atoms with van der Waals surface area (Å²) in [6, 6.07) is 0. The van der Waals surface area contributed by atoms with Crippen LogP contribution in [0.25, 0.3) is 0 Å². The third kappa shape index (κ3) is 2.48. The second-order valence-electron chi connectivity index (χ2n) is 4.03. The van der Waals surface area contributed by atoms with Gasteiger partial charge in [-0.05, 0) is 24.7 Å². The van der Waals surface area contributed by atoms with Crippen molar-refractivity contribution >= 4 is 0 Å². The van der Waals surface area contributed by atoms with Crippen LogP contribution >= 0.6 is 0 Å². The summed E-state index contributed by atoms with van der Waals surface area (Å²) >= 11 is 0. The van der Waals surface area contributed by atoms with Crippen molar-refractivity contribution in [3.63, 3.8) is 0 Å². The SMILES string of the molecule is CO[C@@H]1CCC[C@H](C(C)C)C1. The highest BCUT2D eigenvalue weighted by molar-refractivity contribution is 4.74. The topological polar surface area (TPSA) is 9.23 Å². The molecule has 2 atom stereocenters. The van der Waals surface area contributed by atoms with Crippen LogP contribution in [0.3, 0.4) is 0 Å². The molecule has 11 heavy (non-hydrogen) atoms. The number of ether oxygens (including phenoxy) is 1. The fourth-order valence-corrected chi connectivity index (χ4v) is 2.00. The van der Waals surface area contributed by atoms with E-state index >= 15 is 0 Å². The van der Waals surface area contributed by atoms with Crippen LogP contribution < -0.4 is 0 Å². The Balaban J connectivity index is 2.33. The number of methoxy groups -OCH3 is 1. The van der Waals surface area contributed by atoms with E-state index in [2.05, 4.69) is 13.8 Å². The summed E-state index contributed by atoms with van der Waals surface area (Å²) in [6.07, 6.45) is 5.89. The van der Waals surface area contributed by atoms with Crippen LogP contribution in [0.15, 0.2) is 0 Å². The Kier molecular flexibility index (Phi) is 3.38. The van der Waals surface area contributed by atoms with Crippen molar-refractivity contribution in [1.82, 2.24) is 0 Å². The third-order valence-electron chi connectivity index (χ3n) is 2.94. The number of rotatable bonds is 2. The van der Waals surface area contributed by atoms with E-state index in [0.717, 1.165) is 11.8 Å². The number of hydrogen-bond donors (Lipinski definition) is 0. The molecule has 0 unspecified atom stereocenters. The minimum Gasteiger partial charge on any atom is -0.381 e. The average molecular weight is 156 g/mol. The van der Waals surface area contributed by atoms with E-state index in [9.17, 15) is 0 Å². The van der Waals surface area contributed by atoms with Crippen molar-refractivity contribution in [1.29, 1.82) is 0 Å². The zero-order chi connectivity index (χ0) is 8.27. The van der Waals surface area contributed by atoms with Crippen molar-refractivity contribution in [3.8, 4) is 0 Å². The molecule has 1 rings (SSSR count). The first kappa shape index (κ1) is 9.05. The van der Waals surface area contributed by atoms with Crippen molar-refractivity contribution in [3.05, 3.63) is 0 Å². The smallest absolute Gasteiger partial charge is 0.0574 e. The molecule has 1 nitrogen and oxygen atoms in total. The van der Waals surface area contributed by atoms with Gasteiger partial charge >= 0.3 is 0 Å². The van der Waals surface area contributed by atoms with E-state index in [-0.39, 0.29) is 0 Å². The molecule has 1 heteroatoms. The molecule has 0 N–H and O–H groups in total. The molecule has 0 heterocycles. The lowest BCUT2D eigenvalue weighted by molar-refractivity contribution is 0.0408. The molecule has 0 bridgehead atoms. The van der Waals surface area contributed by atoms with Crippen LogP contribution in [0.2, 0.25) is 0 Å². The predicted molar refractivity (Wildman–Crippen MR) is 47.6 cm³/mol. The van der Waals surface area contributed by atoms with Gasteiger partial charge in [0, 0.05) is 7.11 Å². The van der Waals surface area contributed by atoms with Gasteiger partial charge in [0.05, 0.1) is 6.10 Å².